The molecule has 0 amide bonds. The summed E-state index contributed by atoms with van der Waals surface area (Å²) >= 11 is 11.9. The predicted molar refractivity (Wildman–Crippen MR) is 120 cm³/mol. The van der Waals surface area contributed by atoms with Gasteiger partial charge in [0.15, 0.2) is 11.5 Å². The maximum atomic E-state index is 6.08. The number of rotatable bonds is 7. The van der Waals surface area contributed by atoms with E-state index in [0.717, 1.165) is 5.56 Å². The van der Waals surface area contributed by atoms with Crippen LogP contribution >= 0.6 is 41.2 Å². The first-order chi connectivity index (χ1) is 13.0. The summed E-state index contributed by atoms with van der Waals surface area (Å²) in [6.07, 6.45) is 1.39. The number of ether oxygens (including phenoxy) is 2. The van der Waals surface area contributed by atoms with E-state index in [-0.39, 0.29) is 26.1 Å². The maximum absolute atomic E-state index is 6.08. The van der Waals surface area contributed by atoms with E-state index in [1.54, 1.807) is 18.2 Å². The van der Waals surface area contributed by atoms with Gasteiger partial charge in [-0.05, 0) is 42.6 Å². The van der Waals surface area contributed by atoms with E-state index >= 15 is 0 Å². The summed E-state index contributed by atoms with van der Waals surface area (Å²) < 4.78 is 17.6. The Morgan fingerprint density at radius 3 is 2.46 bits per heavy atom. The second kappa shape index (κ2) is 10.8. The smallest absolute Gasteiger partial charge is 0.242 e. The number of nitrogens with zero attached hydrogens (tertiary/aromatic N) is 2. The fourth-order valence-electron chi connectivity index (χ4n) is 2.18. The summed E-state index contributed by atoms with van der Waals surface area (Å²) in [7, 11) is -0.674. The molecule has 0 spiro atoms. The molecule has 1 heterocycles. The first-order valence-electron chi connectivity index (χ1n) is 8.03. The first kappa shape index (κ1) is 22.6. The molecular formula is C19H20Cl2N2O3P2. The maximum Gasteiger partial charge on any atom is 0.242 e. The average molecular weight is 457 g/mol. The summed E-state index contributed by atoms with van der Waals surface area (Å²) in [5.74, 6) is 1.85. The van der Waals surface area contributed by atoms with Crippen LogP contribution in [0.3, 0.4) is 0 Å². The second-order valence-electron chi connectivity index (χ2n) is 5.68. The highest BCUT2D eigenvalue weighted by molar-refractivity contribution is 7.51. The molecule has 3 rings (SSSR count). The van der Waals surface area contributed by atoms with Gasteiger partial charge in [-0.2, -0.15) is 14.9 Å². The number of hydrogen-bond donors (Lipinski definition) is 0. The van der Waals surface area contributed by atoms with Crippen molar-refractivity contribution in [1.82, 2.24) is 9.97 Å². The van der Waals surface area contributed by atoms with Crippen LogP contribution in [0, 0.1) is 0 Å². The zero-order valence-corrected chi connectivity index (χ0v) is 19.3. The van der Waals surface area contributed by atoms with Crippen molar-refractivity contribution in [2.75, 3.05) is 13.3 Å². The van der Waals surface area contributed by atoms with Crippen LogP contribution in [-0.2, 0) is 6.61 Å². The molecule has 0 saturated carbocycles. The number of hydrogen-bond acceptors (Lipinski definition) is 5. The Bertz CT molecular complexity index is 915. The van der Waals surface area contributed by atoms with E-state index in [1.165, 1.54) is 6.20 Å². The van der Waals surface area contributed by atoms with Crippen LogP contribution in [0.2, 0.25) is 10.3 Å². The van der Waals surface area contributed by atoms with Crippen molar-refractivity contribution in [1.29, 1.82) is 0 Å². The Labute approximate surface area is 178 Å². The SMILES string of the molecule is CP(C)Oc1cc(OCc2ccccc2)ccc1Oc1nc(Cl)ncc1Cl.P. The second-order valence-corrected chi connectivity index (χ2v) is 8.23. The highest BCUT2D eigenvalue weighted by Gasteiger charge is 2.14. The van der Waals surface area contributed by atoms with E-state index in [4.69, 9.17) is 37.2 Å². The number of halogens is 2. The Kier molecular flexibility index (Phi) is 8.72. The van der Waals surface area contributed by atoms with E-state index < -0.39 is 8.15 Å². The average Bonchev–Trinajstić information content (AvgIpc) is 2.65. The predicted octanol–water partition coefficient (Wildman–Crippen LogP) is 6.25. The van der Waals surface area contributed by atoms with Crippen molar-refractivity contribution in [3.8, 4) is 23.1 Å². The van der Waals surface area contributed by atoms with E-state index in [2.05, 4.69) is 9.97 Å². The molecule has 1 unspecified atom stereocenters. The van der Waals surface area contributed by atoms with Crippen LogP contribution in [0.5, 0.6) is 23.1 Å². The van der Waals surface area contributed by atoms with Crippen molar-refractivity contribution in [3.05, 3.63) is 70.6 Å². The van der Waals surface area contributed by atoms with Gasteiger partial charge in [0, 0.05) is 6.07 Å². The van der Waals surface area contributed by atoms with Crippen molar-refractivity contribution >= 4 is 41.2 Å². The van der Waals surface area contributed by atoms with E-state index in [1.807, 2.05) is 43.7 Å². The topological polar surface area (TPSA) is 53.5 Å². The molecule has 28 heavy (non-hydrogen) atoms. The zero-order chi connectivity index (χ0) is 19.2. The molecule has 9 heteroatoms. The third-order valence-electron chi connectivity index (χ3n) is 3.33. The molecule has 5 nitrogen and oxygen atoms in total. The molecule has 1 aromatic heterocycles. The van der Waals surface area contributed by atoms with Gasteiger partial charge in [-0.1, -0.05) is 41.9 Å². The monoisotopic (exact) mass is 456 g/mol. The molecule has 1 atom stereocenters. The first-order valence-corrected chi connectivity index (χ1v) is 10.9. The number of benzene rings is 2. The van der Waals surface area contributed by atoms with Gasteiger partial charge in [-0.15, -0.1) is 0 Å². The molecule has 0 bridgehead atoms. The zero-order valence-electron chi connectivity index (χ0n) is 15.4. The minimum Gasteiger partial charge on any atom is -0.489 e. The quantitative estimate of drug-likeness (QED) is 0.310. The normalized spacial score (nSPS) is 10.3. The van der Waals surface area contributed by atoms with Gasteiger partial charge in [0.05, 0.1) is 14.3 Å². The molecule has 0 saturated heterocycles. The Hall–Kier alpha value is -1.64. The van der Waals surface area contributed by atoms with Crippen LogP contribution in [0.25, 0.3) is 0 Å². The van der Waals surface area contributed by atoms with E-state index in [0.29, 0.717) is 23.9 Å². The summed E-state index contributed by atoms with van der Waals surface area (Å²) in [5, 5.41) is 0.304. The summed E-state index contributed by atoms with van der Waals surface area (Å²) in [5.41, 5.74) is 1.08. The fraction of sp³-hybridized carbons (Fsp3) is 0.158. The van der Waals surface area contributed by atoms with Crippen LogP contribution in [-0.4, -0.2) is 23.3 Å². The lowest BCUT2D eigenvalue weighted by Gasteiger charge is -2.16. The molecule has 3 aromatic rings. The van der Waals surface area contributed by atoms with Crippen LogP contribution in [0.1, 0.15) is 5.56 Å². The fourth-order valence-corrected chi connectivity index (χ4v) is 2.97. The largest absolute Gasteiger partial charge is 0.489 e. The molecule has 0 aliphatic rings. The van der Waals surface area contributed by atoms with Crippen molar-refractivity contribution in [2.45, 2.75) is 6.61 Å². The van der Waals surface area contributed by atoms with Gasteiger partial charge in [0.25, 0.3) is 0 Å². The standard InChI is InChI=1S/C19H17Cl2N2O3P.H3P/c1-27(2)26-17-10-14(24-12-13-6-4-3-5-7-13)8-9-16(17)25-18-15(20)11-22-19(21)23-18;/h3-11H,12H2,1-2H3;1H3. The van der Waals surface area contributed by atoms with Crippen LogP contribution in [0.15, 0.2) is 54.7 Å². The molecule has 0 N–H and O–H groups in total. The minimum atomic E-state index is -0.674. The van der Waals surface area contributed by atoms with Gasteiger partial charge in [0.2, 0.25) is 11.2 Å². The molecule has 0 aliphatic carbocycles. The van der Waals surface area contributed by atoms with Gasteiger partial charge in [-0.25, -0.2) is 4.98 Å². The summed E-state index contributed by atoms with van der Waals surface area (Å²) in [6, 6.07) is 15.3. The summed E-state index contributed by atoms with van der Waals surface area (Å²) in [4.78, 5) is 7.82. The van der Waals surface area contributed by atoms with Crippen LogP contribution in [0.4, 0.5) is 0 Å². The third kappa shape index (κ3) is 6.46. The highest BCUT2D eigenvalue weighted by atomic mass is 35.5. The highest BCUT2D eigenvalue weighted by Crippen LogP contribution is 2.41. The molecule has 0 aliphatic heterocycles. The Balaban J connectivity index is 0.00000280. The lowest BCUT2D eigenvalue weighted by atomic mass is 10.2. The van der Waals surface area contributed by atoms with Gasteiger partial charge in [-0.3, -0.25) is 0 Å². The van der Waals surface area contributed by atoms with Gasteiger partial charge < -0.3 is 14.0 Å². The van der Waals surface area contributed by atoms with Gasteiger partial charge >= 0.3 is 0 Å². The minimum absolute atomic E-state index is 0. The molecule has 148 valence electrons. The molecule has 0 fully saturated rings. The van der Waals surface area contributed by atoms with Gasteiger partial charge in [0.1, 0.15) is 17.4 Å². The van der Waals surface area contributed by atoms with Crippen molar-refractivity contribution < 1.29 is 14.0 Å². The Morgan fingerprint density at radius 2 is 1.75 bits per heavy atom. The molecule has 0 radical (unpaired) electrons. The van der Waals surface area contributed by atoms with Crippen molar-refractivity contribution in [3.63, 3.8) is 0 Å². The lowest BCUT2D eigenvalue weighted by Crippen LogP contribution is -1.97. The Morgan fingerprint density at radius 1 is 1.00 bits per heavy atom. The van der Waals surface area contributed by atoms with E-state index in [9.17, 15) is 0 Å². The number of aromatic nitrogens is 2. The molecule has 2 aromatic carbocycles. The third-order valence-corrected chi connectivity index (χ3v) is 4.34. The summed E-state index contributed by atoms with van der Waals surface area (Å²) in [6.45, 7) is 4.44. The van der Waals surface area contributed by atoms with Crippen molar-refractivity contribution in [2.24, 2.45) is 0 Å². The van der Waals surface area contributed by atoms with Crippen LogP contribution < -0.4 is 14.0 Å². The lowest BCUT2D eigenvalue weighted by molar-refractivity contribution is 0.304. The molecular weight excluding hydrogens is 437 g/mol.